The van der Waals surface area contributed by atoms with Crippen molar-refractivity contribution in [2.75, 3.05) is 25.6 Å². The molecule has 2 saturated heterocycles. The second-order valence-corrected chi connectivity index (χ2v) is 6.56. The molecule has 21 heavy (non-hydrogen) atoms. The molecule has 0 aromatic heterocycles. The molecule has 1 aromatic carbocycles. The molecule has 0 saturated carbocycles. The van der Waals surface area contributed by atoms with Gasteiger partial charge in [0.05, 0.1) is 27.9 Å². The maximum Gasteiger partial charge on any atom is 0.166 e. The van der Waals surface area contributed by atoms with Crippen LogP contribution in [0.4, 0.5) is 5.69 Å². The van der Waals surface area contributed by atoms with E-state index >= 15 is 0 Å². The Bertz CT molecular complexity index is 547. The fraction of sp³-hybridized carbons (Fsp3) is 0.533. The van der Waals surface area contributed by atoms with Gasteiger partial charge in [-0.1, -0.05) is 23.2 Å². The van der Waals surface area contributed by atoms with E-state index in [1.54, 1.807) is 12.1 Å². The van der Waals surface area contributed by atoms with E-state index in [1.807, 2.05) is 0 Å². The van der Waals surface area contributed by atoms with E-state index in [-0.39, 0.29) is 17.3 Å². The first-order valence-corrected chi connectivity index (χ1v) is 7.77. The molecule has 0 aliphatic carbocycles. The largest absolute Gasteiger partial charge is 0.396 e. The molecule has 3 rings (SSSR count). The number of anilines is 1. The third-order valence-electron chi connectivity index (χ3n) is 4.29. The summed E-state index contributed by atoms with van der Waals surface area (Å²) in [4.78, 5) is 12.7. The number of nitrogen functional groups attached to an aromatic ring is 1. The van der Waals surface area contributed by atoms with Gasteiger partial charge in [0.25, 0.3) is 0 Å². The molecule has 2 fully saturated rings. The molecule has 2 atom stereocenters. The molecule has 2 aliphatic rings. The van der Waals surface area contributed by atoms with Crippen molar-refractivity contribution in [2.45, 2.75) is 24.9 Å². The third kappa shape index (κ3) is 2.90. The van der Waals surface area contributed by atoms with Crippen LogP contribution in [-0.4, -0.2) is 31.2 Å². The highest BCUT2D eigenvalue weighted by molar-refractivity contribution is 6.39. The molecule has 4 nitrogen and oxygen atoms in total. The number of halogens is 2. The summed E-state index contributed by atoms with van der Waals surface area (Å²) in [7, 11) is 0. The lowest BCUT2D eigenvalue weighted by Crippen LogP contribution is -2.42. The molecule has 2 unspecified atom stereocenters. The Kier molecular flexibility index (Phi) is 4.14. The average molecular weight is 330 g/mol. The van der Waals surface area contributed by atoms with E-state index in [0.717, 1.165) is 6.42 Å². The summed E-state index contributed by atoms with van der Waals surface area (Å²) in [6.07, 6.45) is 2.24. The third-order valence-corrected chi connectivity index (χ3v) is 4.92. The highest BCUT2D eigenvalue weighted by Gasteiger charge is 2.43. The predicted molar refractivity (Wildman–Crippen MR) is 82.0 cm³/mol. The van der Waals surface area contributed by atoms with Crippen LogP contribution in [0.5, 0.6) is 0 Å². The van der Waals surface area contributed by atoms with Gasteiger partial charge < -0.3 is 15.2 Å². The van der Waals surface area contributed by atoms with Crippen molar-refractivity contribution in [1.82, 2.24) is 0 Å². The van der Waals surface area contributed by atoms with Gasteiger partial charge in [-0.05, 0) is 25.0 Å². The van der Waals surface area contributed by atoms with Gasteiger partial charge in [-0.25, -0.2) is 0 Å². The number of ketones is 1. The normalized spacial score (nSPS) is 29.0. The molecule has 2 N–H and O–H groups in total. The van der Waals surface area contributed by atoms with Crippen molar-refractivity contribution in [3.8, 4) is 0 Å². The van der Waals surface area contributed by atoms with Gasteiger partial charge in [0.1, 0.15) is 0 Å². The van der Waals surface area contributed by atoms with Gasteiger partial charge in [-0.2, -0.15) is 0 Å². The molecular formula is C15H17Cl2NO3. The zero-order valence-corrected chi connectivity index (χ0v) is 13.0. The van der Waals surface area contributed by atoms with Gasteiger partial charge in [0.15, 0.2) is 5.78 Å². The molecule has 114 valence electrons. The first-order chi connectivity index (χ1) is 10.0. The molecule has 2 heterocycles. The quantitative estimate of drug-likeness (QED) is 0.667. The summed E-state index contributed by atoms with van der Waals surface area (Å²) in [6, 6.07) is 3.19. The highest BCUT2D eigenvalue weighted by atomic mass is 35.5. The summed E-state index contributed by atoms with van der Waals surface area (Å²) in [5.74, 6) is -0.0374. The number of benzene rings is 1. The Morgan fingerprint density at radius 3 is 2.62 bits per heavy atom. The second-order valence-electron chi connectivity index (χ2n) is 5.74. The number of hydrogen-bond acceptors (Lipinski definition) is 4. The Morgan fingerprint density at radius 2 is 2.00 bits per heavy atom. The van der Waals surface area contributed by atoms with E-state index in [9.17, 15) is 4.79 Å². The van der Waals surface area contributed by atoms with Crippen molar-refractivity contribution in [2.24, 2.45) is 5.92 Å². The fourth-order valence-corrected chi connectivity index (χ4v) is 3.56. The van der Waals surface area contributed by atoms with E-state index in [1.165, 1.54) is 0 Å². The number of ether oxygens (including phenoxy) is 2. The van der Waals surface area contributed by atoms with Crippen LogP contribution in [-0.2, 0) is 9.47 Å². The molecular weight excluding hydrogens is 313 g/mol. The maximum absolute atomic E-state index is 12.7. The maximum atomic E-state index is 12.7. The van der Waals surface area contributed by atoms with E-state index in [2.05, 4.69) is 0 Å². The van der Waals surface area contributed by atoms with Crippen LogP contribution in [0.25, 0.3) is 0 Å². The number of hydrogen-bond donors (Lipinski definition) is 1. The summed E-state index contributed by atoms with van der Waals surface area (Å²) >= 11 is 12.0. The van der Waals surface area contributed by atoms with Crippen LogP contribution in [0, 0.1) is 5.92 Å². The number of nitrogens with two attached hydrogens (primary N) is 1. The Hall–Kier alpha value is -0.810. The van der Waals surface area contributed by atoms with Crippen molar-refractivity contribution < 1.29 is 14.3 Å². The first-order valence-electron chi connectivity index (χ1n) is 7.01. The minimum atomic E-state index is -0.292. The lowest BCUT2D eigenvalue weighted by molar-refractivity contribution is -0.0920. The van der Waals surface area contributed by atoms with Gasteiger partial charge in [0.2, 0.25) is 0 Å². The van der Waals surface area contributed by atoms with Crippen LogP contribution < -0.4 is 5.73 Å². The first kappa shape index (κ1) is 15.1. The molecule has 0 amide bonds. The SMILES string of the molecule is Nc1c(Cl)cc(C(=O)C2CCOC3(CCOC3)C2)cc1Cl. The lowest BCUT2D eigenvalue weighted by Gasteiger charge is -2.36. The average Bonchev–Trinajstić information content (AvgIpc) is 2.91. The Labute approximate surface area is 133 Å². The number of carbonyl (C=O) groups excluding carboxylic acids is 1. The van der Waals surface area contributed by atoms with Gasteiger partial charge in [-0.15, -0.1) is 0 Å². The Balaban J connectivity index is 1.81. The monoisotopic (exact) mass is 329 g/mol. The standard InChI is InChI=1S/C15H17Cl2NO3/c16-11-5-10(6-12(17)13(11)18)14(19)9-1-3-21-15(7-9)2-4-20-8-15/h5-6,9H,1-4,7-8,18H2. The number of rotatable bonds is 2. The highest BCUT2D eigenvalue weighted by Crippen LogP contribution is 2.38. The molecule has 0 bridgehead atoms. The van der Waals surface area contributed by atoms with Gasteiger partial charge in [0, 0.05) is 31.1 Å². The zero-order valence-electron chi connectivity index (χ0n) is 11.5. The van der Waals surface area contributed by atoms with E-state index in [4.69, 9.17) is 38.4 Å². The van der Waals surface area contributed by atoms with Crippen LogP contribution in [0.15, 0.2) is 12.1 Å². The fourth-order valence-electron chi connectivity index (χ4n) is 3.08. The Morgan fingerprint density at radius 1 is 1.29 bits per heavy atom. The van der Waals surface area contributed by atoms with Crippen molar-refractivity contribution in [1.29, 1.82) is 0 Å². The summed E-state index contributed by atoms with van der Waals surface area (Å²) in [5, 5.41) is 0.633. The summed E-state index contributed by atoms with van der Waals surface area (Å²) in [5.41, 5.74) is 6.24. The van der Waals surface area contributed by atoms with Crippen molar-refractivity contribution in [3.63, 3.8) is 0 Å². The predicted octanol–water partition coefficient (Wildman–Crippen LogP) is 3.34. The second kappa shape index (κ2) is 5.76. The van der Waals surface area contributed by atoms with Crippen LogP contribution >= 0.6 is 23.2 Å². The van der Waals surface area contributed by atoms with Crippen LogP contribution in [0.3, 0.4) is 0 Å². The summed E-state index contributed by atoms with van der Waals surface area (Å²) < 4.78 is 11.3. The van der Waals surface area contributed by atoms with Crippen LogP contribution in [0.1, 0.15) is 29.6 Å². The summed E-state index contributed by atoms with van der Waals surface area (Å²) in [6.45, 7) is 1.84. The zero-order chi connectivity index (χ0) is 15.0. The molecule has 1 aromatic rings. The van der Waals surface area contributed by atoms with Crippen molar-refractivity contribution in [3.05, 3.63) is 27.7 Å². The number of Topliss-reactive ketones (excluding diaryl/α,β-unsaturated/α-hetero) is 1. The topological polar surface area (TPSA) is 61.6 Å². The van der Waals surface area contributed by atoms with Crippen LogP contribution in [0.2, 0.25) is 10.0 Å². The molecule has 0 radical (unpaired) electrons. The molecule has 2 aliphatic heterocycles. The van der Waals surface area contributed by atoms with Gasteiger partial charge >= 0.3 is 0 Å². The number of carbonyl (C=O) groups is 1. The molecule has 1 spiro atoms. The van der Waals surface area contributed by atoms with Crippen molar-refractivity contribution >= 4 is 34.7 Å². The smallest absolute Gasteiger partial charge is 0.166 e. The minimum Gasteiger partial charge on any atom is -0.396 e. The molecule has 6 heteroatoms. The van der Waals surface area contributed by atoms with E-state index in [0.29, 0.717) is 54.0 Å². The van der Waals surface area contributed by atoms with Gasteiger partial charge in [-0.3, -0.25) is 4.79 Å². The lowest BCUT2D eigenvalue weighted by atomic mass is 9.81. The van der Waals surface area contributed by atoms with E-state index < -0.39 is 0 Å². The minimum absolute atomic E-state index is 0.0494.